The summed E-state index contributed by atoms with van der Waals surface area (Å²) >= 11 is 0. The second-order valence-corrected chi connectivity index (χ2v) is 10.5. The molecule has 0 saturated carbocycles. The van der Waals surface area contributed by atoms with E-state index in [-0.39, 0.29) is 24.8 Å². The molecule has 234 valence electrons. The fourth-order valence-electron chi connectivity index (χ4n) is 5.52. The average Bonchev–Trinajstić information content (AvgIpc) is 3.43. The van der Waals surface area contributed by atoms with E-state index < -0.39 is 35.7 Å². The zero-order valence-electron chi connectivity index (χ0n) is 25.5. The molecule has 1 aliphatic heterocycles. The molecular weight excluding hydrogens is 578 g/mol. The molecule has 11 heteroatoms. The van der Waals surface area contributed by atoms with Crippen LogP contribution in [0.1, 0.15) is 43.2 Å². The molecule has 45 heavy (non-hydrogen) atoms. The van der Waals surface area contributed by atoms with Crippen molar-refractivity contribution in [2.75, 3.05) is 26.1 Å². The van der Waals surface area contributed by atoms with Crippen LogP contribution >= 0.6 is 0 Å². The van der Waals surface area contributed by atoms with Crippen molar-refractivity contribution in [2.45, 2.75) is 44.3 Å². The third kappa shape index (κ3) is 6.89. The second-order valence-electron chi connectivity index (χ2n) is 10.5. The molecule has 1 fully saturated rings. The second kappa shape index (κ2) is 13.7. The molecule has 1 aliphatic rings. The number of amides is 1. The summed E-state index contributed by atoms with van der Waals surface area (Å²) in [6.45, 7) is 2.65. The van der Waals surface area contributed by atoms with Crippen molar-refractivity contribution in [1.29, 1.82) is 0 Å². The average molecular weight is 614 g/mol. The van der Waals surface area contributed by atoms with Crippen LogP contribution in [0.2, 0.25) is 0 Å². The highest BCUT2D eigenvalue weighted by molar-refractivity contribution is 5.87. The van der Waals surface area contributed by atoms with E-state index in [0.29, 0.717) is 11.5 Å². The predicted octanol–water partition coefficient (Wildman–Crippen LogP) is 4.45. The molecule has 1 N–H and O–H groups in total. The van der Waals surface area contributed by atoms with Gasteiger partial charge in [-0.1, -0.05) is 54.6 Å². The van der Waals surface area contributed by atoms with E-state index in [1.165, 1.54) is 30.7 Å². The Morgan fingerprint density at radius 2 is 1.47 bits per heavy atom. The maximum Gasteiger partial charge on any atom is 0.351 e. The SMILES string of the molecule is COc1ccc(C(OCC2OC(n3ccc(NC(C)=O)nc3=O)CC2OC(C)=O)(c2ccccc2)c2ccc(OC)cc2)cc1. The topological polar surface area (TPSA) is 127 Å². The number of rotatable bonds is 11. The number of ether oxygens (including phenoxy) is 5. The van der Waals surface area contributed by atoms with Crippen molar-refractivity contribution in [2.24, 2.45) is 0 Å². The van der Waals surface area contributed by atoms with Crippen LogP contribution in [0.4, 0.5) is 5.82 Å². The van der Waals surface area contributed by atoms with Gasteiger partial charge in [-0.25, -0.2) is 4.79 Å². The van der Waals surface area contributed by atoms with E-state index in [2.05, 4.69) is 10.3 Å². The standard InChI is InChI=1S/C34H35N3O8/c1-22(38)35-31-18-19-37(33(40)36-31)32-20-29(44-23(2)39)30(45-32)21-43-34(24-8-6-5-7-9-24,25-10-14-27(41-3)15-11-25)26-12-16-28(42-4)17-13-26/h5-19,29-30,32H,20-21H2,1-4H3,(H,35,36,38,40). The van der Waals surface area contributed by atoms with Crippen LogP contribution in [0.15, 0.2) is 95.9 Å². The lowest BCUT2D eigenvalue weighted by Gasteiger charge is -2.37. The molecule has 3 aromatic carbocycles. The quantitative estimate of drug-likeness (QED) is 0.193. The summed E-state index contributed by atoms with van der Waals surface area (Å²) in [6, 6.07) is 26.5. The maximum absolute atomic E-state index is 12.9. The van der Waals surface area contributed by atoms with Crippen LogP contribution in [-0.2, 0) is 29.4 Å². The number of methoxy groups -OCH3 is 2. The van der Waals surface area contributed by atoms with Gasteiger partial charge >= 0.3 is 11.7 Å². The minimum absolute atomic E-state index is 0.00639. The summed E-state index contributed by atoms with van der Waals surface area (Å²) < 4.78 is 31.1. The number of hydrogen-bond donors (Lipinski definition) is 1. The van der Waals surface area contributed by atoms with Gasteiger partial charge in [-0.05, 0) is 47.0 Å². The van der Waals surface area contributed by atoms with Gasteiger partial charge in [-0.3, -0.25) is 14.2 Å². The van der Waals surface area contributed by atoms with Gasteiger partial charge < -0.3 is 29.0 Å². The first-order valence-electron chi connectivity index (χ1n) is 14.4. The molecule has 0 bridgehead atoms. The third-order valence-electron chi connectivity index (χ3n) is 7.58. The number of anilines is 1. The van der Waals surface area contributed by atoms with E-state index in [1.54, 1.807) is 14.2 Å². The first kappa shape index (κ1) is 31.4. The normalized spacial score (nSPS) is 17.8. The molecule has 3 unspecified atom stereocenters. The van der Waals surface area contributed by atoms with Gasteiger partial charge in [0, 0.05) is 26.5 Å². The Hall–Kier alpha value is -5.00. The molecule has 3 atom stereocenters. The first-order chi connectivity index (χ1) is 21.7. The Balaban J connectivity index is 1.53. The van der Waals surface area contributed by atoms with Crippen molar-refractivity contribution < 1.29 is 33.3 Å². The summed E-state index contributed by atoms with van der Waals surface area (Å²) in [6.07, 6.45) is -0.558. The van der Waals surface area contributed by atoms with Gasteiger partial charge in [0.2, 0.25) is 5.91 Å². The van der Waals surface area contributed by atoms with Crippen molar-refractivity contribution in [3.05, 3.63) is 118 Å². The Kier molecular flexibility index (Phi) is 9.60. The zero-order valence-corrected chi connectivity index (χ0v) is 25.5. The smallest absolute Gasteiger partial charge is 0.351 e. The highest BCUT2D eigenvalue weighted by Crippen LogP contribution is 2.43. The molecule has 0 spiro atoms. The Labute approximate surface area is 260 Å². The number of esters is 1. The lowest BCUT2D eigenvalue weighted by atomic mass is 9.80. The number of nitrogens with one attached hydrogen (secondary N) is 1. The predicted molar refractivity (Wildman–Crippen MR) is 165 cm³/mol. The van der Waals surface area contributed by atoms with E-state index in [1.807, 2.05) is 78.9 Å². The molecule has 2 heterocycles. The fraction of sp³-hybridized carbons (Fsp3) is 0.294. The minimum atomic E-state index is -1.12. The van der Waals surface area contributed by atoms with Crippen LogP contribution in [0, 0.1) is 0 Å². The lowest BCUT2D eigenvalue weighted by molar-refractivity contribution is -0.153. The molecule has 1 aromatic heterocycles. The van der Waals surface area contributed by atoms with Gasteiger partial charge in [0.15, 0.2) is 0 Å². The molecule has 0 aliphatic carbocycles. The molecule has 4 aromatic rings. The van der Waals surface area contributed by atoms with E-state index in [9.17, 15) is 14.4 Å². The van der Waals surface area contributed by atoms with Gasteiger partial charge in [0.05, 0.1) is 20.8 Å². The Bertz CT molecular complexity index is 1630. The number of hydrogen-bond acceptors (Lipinski definition) is 9. The lowest BCUT2D eigenvalue weighted by Crippen LogP contribution is -2.39. The van der Waals surface area contributed by atoms with Gasteiger partial charge in [0.1, 0.15) is 41.4 Å². The Morgan fingerprint density at radius 3 is 1.98 bits per heavy atom. The molecule has 11 nitrogen and oxygen atoms in total. The van der Waals surface area contributed by atoms with E-state index in [0.717, 1.165) is 16.7 Å². The zero-order chi connectivity index (χ0) is 32.0. The molecule has 5 rings (SSSR count). The first-order valence-corrected chi connectivity index (χ1v) is 14.4. The van der Waals surface area contributed by atoms with Crippen LogP contribution in [0.25, 0.3) is 0 Å². The molecule has 1 saturated heterocycles. The van der Waals surface area contributed by atoms with Gasteiger partial charge in [-0.2, -0.15) is 4.98 Å². The van der Waals surface area contributed by atoms with Crippen molar-refractivity contribution in [3.63, 3.8) is 0 Å². The van der Waals surface area contributed by atoms with E-state index >= 15 is 0 Å². The summed E-state index contributed by atoms with van der Waals surface area (Å²) in [5.74, 6) is 0.677. The highest BCUT2D eigenvalue weighted by atomic mass is 16.6. The number of carbonyl (C=O) groups excluding carboxylic acids is 2. The van der Waals surface area contributed by atoms with E-state index in [4.69, 9.17) is 23.7 Å². The summed E-state index contributed by atoms with van der Waals surface area (Å²) in [4.78, 5) is 40.4. The van der Waals surface area contributed by atoms with Crippen LogP contribution in [-0.4, -0.2) is 54.5 Å². The van der Waals surface area contributed by atoms with Crippen molar-refractivity contribution in [3.8, 4) is 11.5 Å². The molecule has 1 amide bonds. The van der Waals surface area contributed by atoms with Crippen molar-refractivity contribution in [1.82, 2.24) is 9.55 Å². The maximum atomic E-state index is 12.9. The summed E-state index contributed by atoms with van der Waals surface area (Å²) in [7, 11) is 3.22. The third-order valence-corrected chi connectivity index (χ3v) is 7.58. The Morgan fingerprint density at radius 1 is 0.889 bits per heavy atom. The fourth-order valence-corrected chi connectivity index (χ4v) is 5.52. The minimum Gasteiger partial charge on any atom is -0.497 e. The summed E-state index contributed by atoms with van der Waals surface area (Å²) in [5.41, 5.74) is 0.761. The van der Waals surface area contributed by atoms with Crippen LogP contribution in [0.3, 0.4) is 0 Å². The highest BCUT2D eigenvalue weighted by Gasteiger charge is 2.43. The number of aromatic nitrogens is 2. The molecule has 0 radical (unpaired) electrons. The van der Waals surface area contributed by atoms with Crippen LogP contribution < -0.4 is 20.5 Å². The monoisotopic (exact) mass is 613 g/mol. The number of benzene rings is 3. The molecular formula is C34H35N3O8. The largest absolute Gasteiger partial charge is 0.497 e. The number of nitrogens with zero attached hydrogens (tertiary/aromatic N) is 2. The number of carbonyl (C=O) groups is 2. The van der Waals surface area contributed by atoms with Crippen molar-refractivity contribution >= 4 is 17.7 Å². The van der Waals surface area contributed by atoms with Gasteiger partial charge in [-0.15, -0.1) is 0 Å². The van der Waals surface area contributed by atoms with Crippen LogP contribution in [0.5, 0.6) is 11.5 Å². The van der Waals surface area contributed by atoms with Gasteiger partial charge in [0.25, 0.3) is 0 Å². The summed E-state index contributed by atoms with van der Waals surface area (Å²) in [5, 5.41) is 2.50.